The van der Waals surface area contributed by atoms with E-state index in [1.54, 1.807) is 19.1 Å². The van der Waals surface area contributed by atoms with Gasteiger partial charge < -0.3 is 15.2 Å². The summed E-state index contributed by atoms with van der Waals surface area (Å²) in [5, 5.41) is 5.56. The zero-order valence-corrected chi connectivity index (χ0v) is 19.4. The second-order valence-electron chi connectivity index (χ2n) is 8.26. The first-order chi connectivity index (χ1) is 16.9. The van der Waals surface area contributed by atoms with Gasteiger partial charge in [-0.05, 0) is 43.7 Å². The number of hydrazone groups is 1. The number of hydrogen-bond acceptors (Lipinski definition) is 5. The molecule has 2 N–H and O–H groups in total. The van der Waals surface area contributed by atoms with E-state index in [0.717, 1.165) is 23.8 Å². The standard InChI is InChI=1S/C27H27F2N3O3/c1-19(34-18-20-9-4-2-5-10-20)26(33)32-27(15-8-16-30,21-11-6-3-7-12-21)35-25(31-32)23-17-22(28)13-14-24(23)29/h2-7,9-14,17,19H,8,15-16,18,30H2,1H3/t19-,27?/m0/s1. The normalized spacial score (nSPS) is 18.2. The Labute approximate surface area is 203 Å². The van der Waals surface area contributed by atoms with E-state index < -0.39 is 29.4 Å². The van der Waals surface area contributed by atoms with Gasteiger partial charge >= 0.3 is 0 Å². The van der Waals surface area contributed by atoms with Crippen LogP contribution in [0.2, 0.25) is 0 Å². The first-order valence-electron chi connectivity index (χ1n) is 11.4. The van der Waals surface area contributed by atoms with E-state index >= 15 is 0 Å². The number of hydrogen-bond donors (Lipinski definition) is 1. The molecule has 8 heteroatoms. The minimum atomic E-state index is -1.39. The van der Waals surface area contributed by atoms with Crippen molar-refractivity contribution in [3.63, 3.8) is 0 Å². The van der Waals surface area contributed by atoms with Gasteiger partial charge in [-0.1, -0.05) is 60.7 Å². The number of ether oxygens (including phenoxy) is 2. The molecule has 2 atom stereocenters. The Kier molecular flexibility index (Phi) is 7.53. The van der Waals surface area contributed by atoms with Crippen molar-refractivity contribution in [3.8, 4) is 0 Å². The highest BCUT2D eigenvalue weighted by molar-refractivity contribution is 5.97. The number of nitrogens with two attached hydrogens (primary N) is 1. The van der Waals surface area contributed by atoms with Gasteiger partial charge in [-0.15, -0.1) is 5.10 Å². The van der Waals surface area contributed by atoms with Crippen LogP contribution in [0.1, 0.15) is 36.5 Å². The number of carbonyl (C=O) groups excluding carboxylic acids is 1. The van der Waals surface area contributed by atoms with Crippen molar-refractivity contribution in [2.75, 3.05) is 6.54 Å². The first-order valence-corrected chi connectivity index (χ1v) is 11.4. The number of halogens is 2. The Morgan fingerprint density at radius 3 is 2.46 bits per heavy atom. The van der Waals surface area contributed by atoms with Crippen LogP contribution in [-0.4, -0.2) is 29.5 Å². The van der Waals surface area contributed by atoms with Crippen molar-refractivity contribution >= 4 is 11.8 Å². The SMILES string of the molecule is C[C@H](OCc1ccccc1)C(=O)N1N=C(c2cc(F)ccc2F)OC1(CCCN)c1ccccc1. The molecular formula is C27H27F2N3O3. The van der Waals surface area contributed by atoms with E-state index in [0.29, 0.717) is 18.5 Å². The third-order valence-electron chi connectivity index (χ3n) is 5.80. The van der Waals surface area contributed by atoms with E-state index in [9.17, 15) is 13.6 Å². The molecule has 0 fully saturated rings. The molecule has 35 heavy (non-hydrogen) atoms. The summed E-state index contributed by atoms with van der Waals surface area (Å²) in [7, 11) is 0. The molecule has 0 radical (unpaired) electrons. The largest absolute Gasteiger partial charge is 0.443 e. The summed E-state index contributed by atoms with van der Waals surface area (Å²) in [6.45, 7) is 2.18. The van der Waals surface area contributed by atoms with E-state index in [1.807, 2.05) is 48.5 Å². The summed E-state index contributed by atoms with van der Waals surface area (Å²) in [5.74, 6) is -2.03. The maximum Gasteiger partial charge on any atom is 0.275 e. The van der Waals surface area contributed by atoms with Gasteiger partial charge in [-0.3, -0.25) is 4.79 Å². The molecule has 1 amide bonds. The molecule has 0 saturated carbocycles. The van der Waals surface area contributed by atoms with Crippen molar-refractivity contribution in [1.82, 2.24) is 5.01 Å². The predicted octanol–water partition coefficient (Wildman–Crippen LogP) is 4.68. The molecule has 0 spiro atoms. The van der Waals surface area contributed by atoms with Crippen molar-refractivity contribution < 1.29 is 23.0 Å². The quantitative estimate of drug-likeness (QED) is 0.483. The topological polar surface area (TPSA) is 77.1 Å². The lowest BCUT2D eigenvalue weighted by Gasteiger charge is -2.36. The lowest BCUT2D eigenvalue weighted by molar-refractivity contribution is -0.164. The Morgan fingerprint density at radius 1 is 1.09 bits per heavy atom. The van der Waals surface area contributed by atoms with Crippen molar-refractivity contribution in [2.24, 2.45) is 10.8 Å². The van der Waals surface area contributed by atoms with Crippen molar-refractivity contribution in [3.05, 3.63) is 107 Å². The summed E-state index contributed by atoms with van der Waals surface area (Å²) in [5.41, 5.74) is 5.77. The molecular weight excluding hydrogens is 452 g/mol. The van der Waals surface area contributed by atoms with Gasteiger partial charge in [0.05, 0.1) is 12.2 Å². The molecule has 4 rings (SSSR count). The van der Waals surface area contributed by atoms with Crippen molar-refractivity contribution in [2.45, 2.75) is 38.2 Å². The summed E-state index contributed by atoms with van der Waals surface area (Å²) >= 11 is 0. The van der Waals surface area contributed by atoms with E-state index in [-0.39, 0.29) is 24.5 Å². The van der Waals surface area contributed by atoms with E-state index in [1.165, 1.54) is 5.01 Å². The number of rotatable bonds is 9. The van der Waals surface area contributed by atoms with Crippen LogP contribution in [0.4, 0.5) is 8.78 Å². The Morgan fingerprint density at radius 2 is 1.77 bits per heavy atom. The average Bonchev–Trinajstić information content (AvgIpc) is 3.28. The minimum Gasteiger partial charge on any atom is -0.443 e. The number of benzene rings is 3. The fourth-order valence-electron chi connectivity index (χ4n) is 3.95. The van der Waals surface area contributed by atoms with Crippen LogP contribution in [0.25, 0.3) is 0 Å². The average molecular weight is 480 g/mol. The molecule has 1 aliphatic heterocycles. The third-order valence-corrected chi connectivity index (χ3v) is 5.80. The van der Waals surface area contributed by atoms with Gasteiger partial charge in [0.2, 0.25) is 11.6 Å². The van der Waals surface area contributed by atoms with Crippen LogP contribution in [0.15, 0.2) is 84.0 Å². The fraction of sp³-hybridized carbons (Fsp3) is 0.259. The van der Waals surface area contributed by atoms with Crippen molar-refractivity contribution in [1.29, 1.82) is 0 Å². The molecule has 3 aromatic carbocycles. The van der Waals surface area contributed by atoms with E-state index in [4.69, 9.17) is 15.2 Å². The highest BCUT2D eigenvalue weighted by atomic mass is 19.1. The van der Waals surface area contributed by atoms with Gasteiger partial charge in [0.25, 0.3) is 5.91 Å². The zero-order valence-electron chi connectivity index (χ0n) is 19.4. The third kappa shape index (κ3) is 5.23. The lowest BCUT2D eigenvalue weighted by Crippen LogP contribution is -2.48. The fourth-order valence-corrected chi connectivity index (χ4v) is 3.95. The lowest BCUT2D eigenvalue weighted by atomic mass is 9.96. The molecule has 1 unspecified atom stereocenters. The van der Waals surface area contributed by atoms with Gasteiger partial charge in [-0.25, -0.2) is 8.78 Å². The molecule has 0 aromatic heterocycles. The van der Waals surface area contributed by atoms with Gasteiger partial charge in [0.15, 0.2) is 0 Å². The van der Waals surface area contributed by atoms with Crippen LogP contribution in [0, 0.1) is 11.6 Å². The molecule has 1 aliphatic rings. The second-order valence-corrected chi connectivity index (χ2v) is 8.26. The first kappa shape index (κ1) is 24.5. The summed E-state index contributed by atoms with van der Waals surface area (Å²) in [6.07, 6.45) is -0.110. The Balaban J connectivity index is 1.72. The van der Waals surface area contributed by atoms with Crippen LogP contribution in [0.5, 0.6) is 0 Å². The predicted molar refractivity (Wildman–Crippen MR) is 128 cm³/mol. The number of nitrogens with zero attached hydrogens (tertiary/aromatic N) is 2. The van der Waals surface area contributed by atoms with Gasteiger partial charge in [0, 0.05) is 12.0 Å². The maximum atomic E-state index is 14.6. The molecule has 6 nitrogen and oxygen atoms in total. The number of carbonyl (C=O) groups is 1. The molecule has 0 bridgehead atoms. The van der Waals surface area contributed by atoms with Gasteiger partial charge in [-0.2, -0.15) is 5.01 Å². The molecule has 0 aliphatic carbocycles. The smallest absolute Gasteiger partial charge is 0.275 e. The Bertz CT molecular complexity index is 1190. The molecule has 1 heterocycles. The van der Waals surface area contributed by atoms with Crippen LogP contribution >= 0.6 is 0 Å². The van der Waals surface area contributed by atoms with Gasteiger partial charge in [0.1, 0.15) is 17.7 Å². The van der Waals surface area contributed by atoms with Crippen LogP contribution < -0.4 is 5.73 Å². The Hall–Kier alpha value is -3.62. The summed E-state index contributed by atoms with van der Waals surface area (Å²) in [4.78, 5) is 13.7. The molecule has 182 valence electrons. The molecule has 0 saturated heterocycles. The second kappa shape index (κ2) is 10.8. The minimum absolute atomic E-state index is 0.175. The van der Waals surface area contributed by atoms with E-state index in [2.05, 4.69) is 5.10 Å². The summed E-state index contributed by atoms with van der Waals surface area (Å²) in [6, 6.07) is 21.5. The highest BCUT2D eigenvalue weighted by Gasteiger charge is 2.50. The van der Waals surface area contributed by atoms with Crippen LogP contribution in [-0.2, 0) is 26.6 Å². The monoisotopic (exact) mass is 479 g/mol. The maximum absolute atomic E-state index is 14.6. The molecule has 3 aromatic rings. The summed E-state index contributed by atoms with van der Waals surface area (Å²) < 4.78 is 40.7. The zero-order chi connectivity index (χ0) is 24.8. The number of amides is 1. The van der Waals surface area contributed by atoms with Crippen LogP contribution in [0.3, 0.4) is 0 Å². The highest BCUT2D eigenvalue weighted by Crippen LogP contribution is 2.41.